The zero-order valence-electron chi connectivity index (χ0n) is 10.1. The predicted molar refractivity (Wildman–Crippen MR) is 61.2 cm³/mol. The van der Waals surface area contributed by atoms with Crippen molar-refractivity contribution < 1.29 is 14.6 Å². The molecule has 0 aromatic heterocycles. The number of ether oxygens (including phenoxy) is 1. The molecule has 0 aromatic carbocycles. The van der Waals surface area contributed by atoms with E-state index in [0.29, 0.717) is 6.61 Å². The third-order valence-corrected chi connectivity index (χ3v) is 3.00. The molecule has 2 N–H and O–H groups in total. The number of likely N-dealkylation sites (tertiary alicyclic amines) is 1. The molecule has 0 radical (unpaired) electrons. The quantitative estimate of drug-likeness (QED) is 0.674. The fourth-order valence-corrected chi connectivity index (χ4v) is 1.86. The Morgan fingerprint density at radius 3 is 2.69 bits per heavy atom. The van der Waals surface area contributed by atoms with Crippen LogP contribution in [-0.2, 0) is 9.53 Å². The van der Waals surface area contributed by atoms with Gasteiger partial charge in [-0.1, -0.05) is 0 Å². The summed E-state index contributed by atoms with van der Waals surface area (Å²) in [5.41, 5.74) is 0. The van der Waals surface area contributed by atoms with Crippen LogP contribution >= 0.6 is 0 Å². The standard InChI is InChI=1S/C11H22N2O3/c1-9(12-2)11(15)13-5-3-10(4-6-13)16-8-7-14/h9-10,12,14H,3-8H2,1-2H3. The third-order valence-electron chi connectivity index (χ3n) is 3.00. The first-order valence-electron chi connectivity index (χ1n) is 5.87. The van der Waals surface area contributed by atoms with Crippen molar-refractivity contribution in [3.8, 4) is 0 Å². The number of carbonyl (C=O) groups excluding carboxylic acids is 1. The molecule has 1 aliphatic heterocycles. The Kier molecular flexibility index (Phi) is 5.73. The van der Waals surface area contributed by atoms with Crippen LogP contribution in [0.4, 0.5) is 0 Å². The number of hydrogen-bond donors (Lipinski definition) is 2. The first kappa shape index (κ1) is 13.4. The molecule has 0 bridgehead atoms. The summed E-state index contributed by atoms with van der Waals surface area (Å²) in [5, 5.41) is 11.6. The molecule has 0 spiro atoms. The van der Waals surface area contributed by atoms with Crippen LogP contribution in [0.3, 0.4) is 0 Å². The number of aliphatic hydroxyl groups is 1. The van der Waals surface area contributed by atoms with Gasteiger partial charge in [0, 0.05) is 13.1 Å². The summed E-state index contributed by atoms with van der Waals surface area (Å²) in [6.07, 6.45) is 1.92. The number of rotatable bonds is 5. The molecule has 1 saturated heterocycles. The van der Waals surface area contributed by atoms with Crippen LogP contribution in [0, 0.1) is 0 Å². The van der Waals surface area contributed by atoms with Crippen molar-refractivity contribution in [1.82, 2.24) is 10.2 Å². The minimum atomic E-state index is -0.116. The minimum absolute atomic E-state index is 0.0654. The van der Waals surface area contributed by atoms with Crippen LogP contribution in [0.15, 0.2) is 0 Å². The van der Waals surface area contributed by atoms with Crippen molar-refractivity contribution in [3.63, 3.8) is 0 Å². The van der Waals surface area contributed by atoms with Gasteiger partial charge in [0.05, 0.1) is 25.4 Å². The van der Waals surface area contributed by atoms with Gasteiger partial charge in [-0.3, -0.25) is 4.79 Å². The highest BCUT2D eigenvalue weighted by Gasteiger charge is 2.25. The van der Waals surface area contributed by atoms with E-state index in [1.165, 1.54) is 0 Å². The number of hydrogen-bond acceptors (Lipinski definition) is 4. The van der Waals surface area contributed by atoms with E-state index in [0.717, 1.165) is 25.9 Å². The Bertz CT molecular complexity index is 215. The van der Waals surface area contributed by atoms with E-state index < -0.39 is 0 Å². The summed E-state index contributed by atoms with van der Waals surface area (Å²) in [6.45, 7) is 3.83. The van der Waals surface area contributed by atoms with Gasteiger partial charge in [-0.25, -0.2) is 0 Å². The largest absolute Gasteiger partial charge is 0.394 e. The van der Waals surface area contributed by atoms with Crippen molar-refractivity contribution in [1.29, 1.82) is 0 Å². The second kappa shape index (κ2) is 6.83. The van der Waals surface area contributed by atoms with Gasteiger partial charge in [0.1, 0.15) is 0 Å². The molecule has 94 valence electrons. The van der Waals surface area contributed by atoms with Crippen molar-refractivity contribution >= 4 is 5.91 Å². The maximum absolute atomic E-state index is 11.8. The maximum Gasteiger partial charge on any atom is 0.239 e. The van der Waals surface area contributed by atoms with E-state index in [1.54, 1.807) is 7.05 Å². The number of likely N-dealkylation sites (N-methyl/N-ethyl adjacent to an activating group) is 1. The summed E-state index contributed by atoms with van der Waals surface area (Å²) in [4.78, 5) is 13.7. The van der Waals surface area contributed by atoms with Gasteiger partial charge in [-0.2, -0.15) is 0 Å². The minimum Gasteiger partial charge on any atom is -0.394 e. The number of nitrogens with one attached hydrogen (secondary N) is 1. The molecule has 0 aliphatic carbocycles. The molecule has 0 aromatic rings. The lowest BCUT2D eigenvalue weighted by molar-refractivity contribution is -0.135. The summed E-state index contributed by atoms with van der Waals surface area (Å²) >= 11 is 0. The summed E-state index contributed by atoms with van der Waals surface area (Å²) in [6, 6.07) is -0.116. The second-order valence-electron chi connectivity index (χ2n) is 4.13. The van der Waals surface area contributed by atoms with Gasteiger partial charge in [0.15, 0.2) is 0 Å². The summed E-state index contributed by atoms with van der Waals surface area (Å²) in [7, 11) is 1.79. The number of nitrogens with zero attached hydrogens (tertiary/aromatic N) is 1. The molecule has 5 heteroatoms. The van der Waals surface area contributed by atoms with E-state index in [-0.39, 0.29) is 24.7 Å². The first-order chi connectivity index (χ1) is 7.69. The molecule has 1 heterocycles. The highest BCUT2D eigenvalue weighted by Crippen LogP contribution is 2.14. The van der Waals surface area contributed by atoms with E-state index in [2.05, 4.69) is 5.32 Å². The second-order valence-corrected chi connectivity index (χ2v) is 4.13. The van der Waals surface area contributed by atoms with Crippen LogP contribution in [0.1, 0.15) is 19.8 Å². The van der Waals surface area contributed by atoms with Crippen LogP contribution in [0.5, 0.6) is 0 Å². The Morgan fingerprint density at radius 2 is 2.19 bits per heavy atom. The molecular formula is C11H22N2O3. The first-order valence-corrected chi connectivity index (χ1v) is 5.87. The van der Waals surface area contributed by atoms with E-state index in [1.807, 2.05) is 11.8 Å². The van der Waals surface area contributed by atoms with Crippen LogP contribution < -0.4 is 5.32 Å². The monoisotopic (exact) mass is 230 g/mol. The third kappa shape index (κ3) is 3.73. The molecule has 1 fully saturated rings. The van der Waals surface area contributed by atoms with Gasteiger partial charge in [0.2, 0.25) is 5.91 Å². The zero-order chi connectivity index (χ0) is 12.0. The number of amides is 1. The fraction of sp³-hybridized carbons (Fsp3) is 0.909. The lowest BCUT2D eigenvalue weighted by Crippen LogP contribution is -2.48. The summed E-state index contributed by atoms with van der Waals surface area (Å²) < 4.78 is 5.44. The molecule has 1 unspecified atom stereocenters. The van der Waals surface area contributed by atoms with Gasteiger partial charge in [0.25, 0.3) is 0 Å². The molecule has 1 rings (SSSR count). The van der Waals surface area contributed by atoms with Crippen LogP contribution in [0.25, 0.3) is 0 Å². The van der Waals surface area contributed by atoms with Crippen molar-refractivity contribution in [2.75, 3.05) is 33.4 Å². The van der Waals surface area contributed by atoms with Gasteiger partial charge in [-0.15, -0.1) is 0 Å². The van der Waals surface area contributed by atoms with Crippen molar-refractivity contribution in [3.05, 3.63) is 0 Å². The summed E-state index contributed by atoms with van der Waals surface area (Å²) in [5.74, 6) is 0.156. The Balaban J connectivity index is 2.28. The smallest absolute Gasteiger partial charge is 0.239 e. The van der Waals surface area contributed by atoms with E-state index >= 15 is 0 Å². The number of aliphatic hydroxyl groups excluding tert-OH is 1. The zero-order valence-corrected chi connectivity index (χ0v) is 10.1. The Labute approximate surface area is 96.8 Å². The Morgan fingerprint density at radius 1 is 1.56 bits per heavy atom. The average Bonchev–Trinajstić information content (AvgIpc) is 2.35. The lowest BCUT2D eigenvalue weighted by atomic mass is 10.1. The van der Waals surface area contributed by atoms with E-state index in [9.17, 15) is 4.79 Å². The van der Waals surface area contributed by atoms with Crippen LogP contribution in [-0.4, -0.2) is 61.4 Å². The molecular weight excluding hydrogens is 208 g/mol. The molecule has 1 amide bonds. The van der Waals surface area contributed by atoms with Gasteiger partial charge < -0.3 is 20.1 Å². The van der Waals surface area contributed by atoms with Crippen LogP contribution in [0.2, 0.25) is 0 Å². The highest BCUT2D eigenvalue weighted by molar-refractivity contribution is 5.81. The molecule has 0 saturated carbocycles. The average molecular weight is 230 g/mol. The topological polar surface area (TPSA) is 61.8 Å². The van der Waals surface area contributed by atoms with Gasteiger partial charge >= 0.3 is 0 Å². The molecule has 1 atom stereocenters. The molecule has 16 heavy (non-hydrogen) atoms. The fourth-order valence-electron chi connectivity index (χ4n) is 1.86. The van der Waals surface area contributed by atoms with Gasteiger partial charge in [-0.05, 0) is 26.8 Å². The normalized spacial score (nSPS) is 19.8. The van der Waals surface area contributed by atoms with Crippen molar-refractivity contribution in [2.45, 2.75) is 31.9 Å². The SMILES string of the molecule is CNC(C)C(=O)N1CCC(OCCO)CC1. The Hall–Kier alpha value is -0.650. The number of piperidine rings is 1. The van der Waals surface area contributed by atoms with E-state index in [4.69, 9.17) is 9.84 Å². The highest BCUT2D eigenvalue weighted by atomic mass is 16.5. The maximum atomic E-state index is 11.8. The lowest BCUT2D eigenvalue weighted by Gasteiger charge is -2.33. The van der Waals surface area contributed by atoms with Crippen molar-refractivity contribution in [2.24, 2.45) is 0 Å². The number of carbonyl (C=O) groups is 1. The molecule has 1 aliphatic rings. The predicted octanol–water partition coefficient (Wildman–Crippen LogP) is -0.406. The molecule has 5 nitrogen and oxygen atoms in total.